The molecule has 5 nitrogen and oxygen atoms in total. The lowest BCUT2D eigenvalue weighted by Gasteiger charge is -2.17. The van der Waals surface area contributed by atoms with Gasteiger partial charge in [-0.2, -0.15) is 13.2 Å². The van der Waals surface area contributed by atoms with Crippen molar-refractivity contribution in [3.8, 4) is 5.88 Å². The molecule has 3 N–H and O–H groups in total. The third-order valence-corrected chi connectivity index (χ3v) is 2.19. The van der Waals surface area contributed by atoms with Crippen molar-refractivity contribution in [1.29, 1.82) is 0 Å². The van der Waals surface area contributed by atoms with Crippen LogP contribution in [0.1, 0.15) is 16.8 Å². The molecular weight excluding hydrogens is 310 g/mol. The van der Waals surface area contributed by atoms with Crippen LogP contribution in [0.2, 0.25) is 0 Å². The van der Waals surface area contributed by atoms with Crippen LogP contribution in [0.4, 0.5) is 26.3 Å². The van der Waals surface area contributed by atoms with Gasteiger partial charge in [-0.25, -0.2) is 4.98 Å². The van der Waals surface area contributed by atoms with Gasteiger partial charge in [-0.05, 0) is 6.07 Å². The molecule has 0 aromatic carbocycles. The summed E-state index contributed by atoms with van der Waals surface area (Å²) in [5, 5.41) is 8.50. The van der Waals surface area contributed by atoms with E-state index in [1.807, 2.05) is 0 Å². The monoisotopic (exact) mass is 318 g/mol. The zero-order chi connectivity index (χ0) is 16.4. The van der Waals surface area contributed by atoms with E-state index in [2.05, 4.69) is 9.72 Å². The number of aromatic nitrogens is 1. The van der Waals surface area contributed by atoms with Crippen LogP contribution >= 0.6 is 0 Å². The maximum atomic E-state index is 12.8. The molecule has 0 aliphatic carbocycles. The van der Waals surface area contributed by atoms with Crippen molar-refractivity contribution in [3.63, 3.8) is 0 Å². The topological polar surface area (TPSA) is 85.4 Å². The summed E-state index contributed by atoms with van der Waals surface area (Å²) >= 11 is 0. The SMILES string of the molecule is NCc1c(C(F)(F)F)cc(CC(=O)O)nc1OC(F)(F)F. The number of nitrogens with two attached hydrogens (primary N) is 1. The average molecular weight is 318 g/mol. The molecule has 0 bridgehead atoms. The molecule has 0 atom stereocenters. The van der Waals surface area contributed by atoms with Crippen LogP contribution in [0.15, 0.2) is 6.07 Å². The number of pyridine rings is 1. The van der Waals surface area contributed by atoms with Crippen LogP contribution in [-0.2, 0) is 23.9 Å². The summed E-state index contributed by atoms with van der Waals surface area (Å²) in [6.07, 6.45) is -11.3. The van der Waals surface area contributed by atoms with Crippen molar-refractivity contribution in [2.45, 2.75) is 25.5 Å². The molecule has 0 aliphatic rings. The maximum Gasteiger partial charge on any atom is 0.574 e. The smallest absolute Gasteiger partial charge is 0.481 e. The predicted octanol–water partition coefficient (Wildman–Crippen LogP) is 2.08. The van der Waals surface area contributed by atoms with Crippen molar-refractivity contribution < 1.29 is 41.0 Å². The molecule has 1 aromatic rings. The van der Waals surface area contributed by atoms with Crippen molar-refractivity contribution >= 4 is 5.97 Å². The Morgan fingerprint density at radius 1 is 1.29 bits per heavy atom. The Bertz CT molecular complexity index is 541. The first-order chi connectivity index (χ1) is 9.44. The summed E-state index contributed by atoms with van der Waals surface area (Å²) in [6.45, 7) is -0.916. The van der Waals surface area contributed by atoms with Crippen molar-refractivity contribution in [1.82, 2.24) is 4.98 Å². The Morgan fingerprint density at radius 2 is 1.86 bits per heavy atom. The second-order valence-corrected chi connectivity index (χ2v) is 3.77. The third kappa shape index (κ3) is 4.77. The summed E-state index contributed by atoms with van der Waals surface area (Å²) in [5.41, 5.74) is 1.76. The Balaban J connectivity index is 3.48. The average Bonchev–Trinajstić information content (AvgIpc) is 2.23. The van der Waals surface area contributed by atoms with Crippen LogP contribution < -0.4 is 10.5 Å². The van der Waals surface area contributed by atoms with Gasteiger partial charge in [0.15, 0.2) is 0 Å². The van der Waals surface area contributed by atoms with Crippen LogP contribution in [0, 0.1) is 0 Å². The third-order valence-electron chi connectivity index (χ3n) is 2.19. The van der Waals surface area contributed by atoms with E-state index in [-0.39, 0.29) is 0 Å². The van der Waals surface area contributed by atoms with Gasteiger partial charge in [-0.1, -0.05) is 0 Å². The zero-order valence-electron chi connectivity index (χ0n) is 10.0. The molecule has 1 aromatic heterocycles. The standard InChI is InChI=1S/C10H8F6N2O3/c11-9(12,13)6-1-4(2-7(19)20)18-8(5(6)3-17)21-10(14,15)16/h1H,2-3,17H2,(H,19,20). The largest absolute Gasteiger partial charge is 0.574 e. The highest BCUT2D eigenvalue weighted by Crippen LogP contribution is 2.37. The van der Waals surface area contributed by atoms with Crippen molar-refractivity contribution in [3.05, 3.63) is 22.9 Å². The number of nitrogens with zero attached hydrogens (tertiary/aromatic N) is 1. The van der Waals surface area contributed by atoms with Crippen molar-refractivity contribution in [2.24, 2.45) is 5.73 Å². The zero-order valence-corrected chi connectivity index (χ0v) is 10.0. The Morgan fingerprint density at radius 3 is 2.24 bits per heavy atom. The Kier molecular flexibility index (Phi) is 4.66. The molecule has 1 heterocycles. The van der Waals surface area contributed by atoms with E-state index in [0.29, 0.717) is 6.07 Å². The van der Waals surface area contributed by atoms with Crippen LogP contribution in [0.25, 0.3) is 0 Å². The fourth-order valence-corrected chi connectivity index (χ4v) is 1.49. The molecule has 21 heavy (non-hydrogen) atoms. The number of halogens is 6. The summed E-state index contributed by atoms with van der Waals surface area (Å²) in [5.74, 6) is -2.97. The van der Waals surface area contributed by atoms with E-state index in [0.717, 1.165) is 0 Å². The normalized spacial score (nSPS) is 12.3. The Hall–Kier alpha value is -2.04. The summed E-state index contributed by atoms with van der Waals surface area (Å²) in [7, 11) is 0. The van der Waals surface area contributed by atoms with Gasteiger partial charge in [0.2, 0.25) is 5.88 Å². The quantitative estimate of drug-likeness (QED) is 0.830. The summed E-state index contributed by atoms with van der Waals surface area (Å²) < 4.78 is 78.3. The number of carboxylic acid groups (broad SMARTS) is 1. The lowest BCUT2D eigenvalue weighted by atomic mass is 10.1. The number of hydrogen-bond acceptors (Lipinski definition) is 4. The molecule has 0 spiro atoms. The second kappa shape index (κ2) is 5.76. The summed E-state index contributed by atoms with van der Waals surface area (Å²) in [6, 6.07) is 0.333. The lowest BCUT2D eigenvalue weighted by Crippen LogP contribution is -2.23. The van der Waals surface area contributed by atoms with Gasteiger partial charge in [0.25, 0.3) is 0 Å². The van der Waals surface area contributed by atoms with E-state index in [4.69, 9.17) is 10.8 Å². The van der Waals surface area contributed by atoms with Gasteiger partial charge in [0.1, 0.15) is 0 Å². The molecule has 0 saturated carbocycles. The predicted molar refractivity (Wildman–Crippen MR) is 55.2 cm³/mol. The molecule has 11 heteroatoms. The number of rotatable bonds is 4. The molecule has 0 radical (unpaired) electrons. The van der Waals surface area contributed by atoms with Crippen molar-refractivity contribution in [2.75, 3.05) is 0 Å². The van der Waals surface area contributed by atoms with E-state index in [1.54, 1.807) is 0 Å². The van der Waals surface area contributed by atoms with Crippen LogP contribution in [0.3, 0.4) is 0 Å². The molecule has 0 aliphatic heterocycles. The van der Waals surface area contributed by atoms with Gasteiger partial charge < -0.3 is 15.6 Å². The molecular formula is C10H8F6N2O3. The molecule has 118 valence electrons. The first-order valence-corrected chi connectivity index (χ1v) is 5.21. The number of carboxylic acids is 1. The number of carbonyl (C=O) groups is 1. The molecule has 0 fully saturated rings. The number of hydrogen-bond donors (Lipinski definition) is 2. The molecule has 0 saturated heterocycles. The van der Waals surface area contributed by atoms with E-state index in [1.165, 1.54) is 0 Å². The minimum atomic E-state index is -5.29. The molecule has 1 rings (SSSR count). The highest BCUT2D eigenvalue weighted by molar-refractivity contribution is 5.69. The number of alkyl halides is 6. The van der Waals surface area contributed by atoms with Crippen LogP contribution in [0.5, 0.6) is 5.88 Å². The maximum absolute atomic E-state index is 12.8. The van der Waals surface area contributed by atoms with Gasteiger partial charge in [-0.3, -0.25) is 4.79 Å². The first-order valence-electron chi connectivity index (χ1n) is 5.21. The van der Waals surface area contributed by atoms with Gasteiger partial charge in [-0.15, -0.1) is 13.2 Å². The van der Waals surface area contributed by atoms with Gasteiger partial charge in [0.05, 0.1) is 17.7 Å². The highest BCUT2D eigenvalue weighted by Gasteiger charge is 2.39. The highest BCUT2D eigenvalue weighted by atomic mass is 19.4. The fourth-order valence-electron chi connectivity index (χ4n) is 1.49. The second-order valence-electron chi connectivity index (χ2n) is 3.77. The number of aliphatic carboxylic acids is 1. The van der Waals surface area contributed by atoms with E-state index < -0.39 is 54.2 Å². The molecule has 0 amide bonds. The minimum Gasteiger partial charge on any atom is -0.481 e. The first kappa shape index (κ1) is 17.0. The van der Waals surface area contributed by atoms with E-state index in [9.17, 15) is 31.1 Å². The van der Waals surface area contributed by atoms with Crippen LogP contribution in [-0.4, -0.2) is 22.4 Å². The minimum absolute atomic E-state index is 0.333. The van der Waals surface area contributed by atoms with Gasteiger partial charge >= 0.3 is 18.5 Å². The molecule has 0 unspecified atom stereocenters. The number of ether oxygens (including phenoxy) is 1. The van der Waals surface area contributed by atoms with E-state index >= 15 is 0 Å². The Labute approximate surface area is 113 Å². The lowest BCUT2D eigenvalue weighted by molar-refractivity contribution is -0.276. The van der Waals surface area contributed by atoms with Gasteiger partial charge in [0, 0.05) is 12.1 Å². The summed E-state index contributed by atoms with van der Waals surface area (Å²) in [4.78, 5) is 13.6. The fraction of sp³-hybridized carbons (Fsp3) is 0.400.